The van der Waals surface area contributed by atoms with Crippen molar-refractivity contribution in [2.75, 3.05) is 10.6 Å². The van der Waals surface area contributed by atoms with Gasteiger partial charge in [-0.3, -0.25) is 9.78 Å². The third-order valence-corrected chi connectivity index (χ3v) is 5.02. The normalized spacial score (nSPS) is 16.9. The highest BCUT2D eigenvalue weighted by Gasteiger charge is 2.16. The molecule has 0 aliphatic heterocycles. The van der Waals surface area contributed by atoms with E-state index in [1.165, 1.54) is 12.1 Å². The molecule has 28 heavy (non-hydrogen) atoms. The summed E-state index contributed by atoms with van der Waals surface area (Å²) in [7, 11) is 0. The molecular formula is C22H21ClFN3O. The summed E-state index contributed by atoms with van der Waals surface area (Å²) in [6.07, 6.45) is 9.52. The Morgan fingerprint density at radius 3 is 2.68 bits per heavy atom. The number of nitrogens with zero attached hydrogens (tertiary/aromatic N) is 1. The molecule has 0 saturated carbocycles. The molecule has 3 rings (SSSR count). The van der Waals surface area contributed by atoms with Crippen LogP contribution in [0, 0.1) is 11.7 Å². The van der Waals surface area contributed by atoms with Gasteiger partial charge in [-0.25, -0.2) is 4.39 Å². The van der Waals surface area contributed by atoms with Gasteiger partial charge < -0.3 is 10.6 Å². The van der Waals surface area contributed by atoms with Gasteiger partial charge in [0.05, 0.1) is 17.6 Å². The summed E-state index contributed by atoms with van der Waals surface area (Å²) in [5.41, 5.74) is 3.32. The van der Waals surface area contributed by atoms with E-state index in [4.69, 9.17) is 11.6 Å². The first kappa shape index (κ1) is 19.8. The Bertz CT molecular complexity index is 964. The van der Waals surface area contributed by atoms with Crippen LogP contribution in [-0.2, 0) is 4.79 Å². The van der Waals surface area contributed by atoms with Crippen molar-refractivity contribution in [3.63, 3.8) is 0 Å². The van der Waals surface area contributed by atoms with E-state index in [2.05, 4.69) is 15.6 Å². The zero-order valence-corrected chi connectivity index (χ0v) is 16.4. The Kier molecular flexibility index (Phi) is 6.26. The van der Waals surface area contributed by atoms with Crippen LogP contribution >= 0.6 is 11.6 Å². The van der Waals surface area contributed by atoms with Crippen molar-refractivity contribution >= 4 is 34.6 Å². The van der Waals surface area contributed by atoms with Crippen LogP contribution in [-0.4, -0.2) is 10.9 Å². The number of aromatic nitrogens is 1. The number of hydrogen-bond donors (Lipinski definition) is 2. The average Bonchev–Trinajstić information content (AvgIpc) is 2.68. The lowest BCUT2D eigenvalue weighted by molar-refractivity contribution is -0.112. The van der Waals surface area contributed by atoms with Crippen LogP contribution in [0.2, 0.25) is 0 Å². The lowest BCUT2D eigenvalue weighted by Crippen LogP contribution is -2.17. The maximum Gasteiger partial charge on any atom is 0.255 e. The zero-order chi connectivity index (χ0) is 20.1. The Hall–Kier alpha value is -2.92. The van der Waals surface area contributed by atoms with Crippen molar-refractivity contribution in [1.29, 1.82) is 0 Å². The fourth-order valence-electron chi connectivity index (χ4n) is 2.77. The van der Waals surface area contributed by atoms with Crippen molar-refractivity contribution in [2.45, 2.75) is 20.3 Å². The van der Waals surface area contributed by atoms with E-state index in [-0.39, 0.29) is 17.6 Å². The number of halogens is 2. The molecule has 4 nitrogen and oxygen atoms in total. The molecule has 1 heterocycles. The third-order valence-electron chi connectivity index (χ3n) is 4.52. The van der Waals surface area contributed by atoms with Crippen molar-refractivity contribution < 1.29 is 9.18 Å². The summed E-state index contributed by atoms with van der Waals surface area (Å²) < 4.78 is 13.1. The third kappa shape index (κ3) is 4.87. The van der Waals surface area contributed by atoms with Crippen LogP contribution in [0.25, 0.3) is 0 Å². The van der Waals surface area contributed by atoms with Gasteiger partial charge in [0.2, 0.25) is 0 Å². The number of hydrogen-bond acceptors (Lipinski definition) is 3. The maximum absolute atomic E-state index is 13.1. The molecule has 0 bridgehead atoms. The maximum atomic E-state index is 13.1. The van der Waals surface area contributed by atoms with Crippen LogP contribution in [0.1, 0.15) is 20.3 Å². The molecule has 1 aromatic carbocycles. The molecule has 6 heteroatoms. The topological polar surface area (TPSA) is 54.0 Å². The first-order chi connectivity index (χ1) is 13.4. The molecule has 1 aliphatic carbocycles. The summed E-state index contributed by atoms with van der Waals surface area (Å²) in [6.45, 7) is 3.96. The average molecular weight is 398 g/mol. The highest BCUT2D eigenvalue weighted by atomic mass is 35.5. The Balaban J connectivity index is 1.83. The Morgan fingerprint density at radius 2 is 1.93 bits per heavy atom. The highest BCUT2D eigenvalue weighted by molar-refractivity contribution is 6.30. The van der Waals surface area contributed by atoms with E-state index in [0.29, 0.717) is 22.6 Å². The second kappa shape index (κ2) is 8.85. The van der Waals surface area contributed by atoms with Crippen LogP contribution in [0.15, 0.2) is 77.1 Å². The first-order valence-corrected chi connectivity index (χ1v) is 9.34. The lowest BCUT2D eigenvalue weighted by Gasteiger charge is -2.16. The Morgan fingerprint density at radius 1 is 1.18 bits per heavy atom. The number of pyridine rings is 1. The quantitative estimate of drug-likeness (QED) is 0.671. The Labute approximate surface area is 168 Å². The number of amides is 1. The molecule has 1 aromatic heterocycles. The van der Waals surface area contributed by atoms with Crippen molar-refractivity contribution in [3.8, 4) is 0 Å². The molecule has 144 valence electrons. The van der Waals surface area contributed by atoms with Crippen LogP contribution in [0.4, 0.5) is 21.5 Å². The van der Waals surface area contributed by atoms with Crippen LogP contribution in [0.5, 0.6) is 0 Å². The van der Waals surface area contributed by atoms with Crippen molar-refractivity contribution in [2.24, 2.45) is 5.92 Å². The molecule has 0 spiro atoms. The number of rotatable bonds is 4. The van der Waals surface area contributed by atoms with Crippen LogP contribution < -0.4 is 10.6 Å². The second-order valence-corrected chi connectivity index (χ2v) is 7.10. The zero-order valence-electron chi connectivity index (χ0n) is 15.7. The van der Waals surface area contributed by atoms with Crippen molar-refractivity contribution in [3.05, 3.63) is 82.9 Å². The minimum absolute atomic E-state index is 0.226. The predicted octanol–water partition coefficient (Wildman–Crippen LogP) is 5.94. The number of nitrogens with one attached hydrogen (secondary N) is 2. The van der Waals surface area contributed by atoms with Gasteiger partial charge in [-0.15, -0.1) is 0 Å². The van der Waals surface area contributed by atoms with Gasteiger partial charge in [0.15, 0.2) is 0 Å². The molecule has 1 aliphatic rings. The largest absolute Gasteiger partial charge is 0.353 e. The molecule has 0 saturated heterocycles. The number of carbonyl (C=O) groups is 1. The second-order valence-electron chi connectivity index (χ2n) is 6.66. The summed E-state index contributed by atoms with van der Waals surface area (Å²) in [5.74, 6) is -0.327. The fourth-order valence-corrected chi connectivity index (χ4v) is 2.92. The summed E-state index contributed by atoms with van der Waals surface area (Å²) >= 11 is 6.26. The number of benzene rings is 1. The van der Waals surface area contributed by atoms with Gasteiger partial charge in [0.25, 0.3) is 5.91 Å². The van der Waals surface area contributed by atoms with Gasteiger partial charge in [-0.1, -0.05) is 24.6 Å². The monoisotopic (exact) mass is 397 g/mol. The van der Waals surface area contributed by atoms with Gasteiger partial charge in [-0.2, -0.15) is 0 Å². The summed E-state index contributed by atoms with van der Waals surface area (Å²) in [4.78, 5) is 17.0. The van der Waals surface area contributed by atoms with Crippen molar-refractivity contribution in [1.82, 2.24) is 4.98 Å². The van der Waals surface area contributed by atoms with E-state index in [9.17, 15) is 9.18 Å². The van der Waals surface area contributed by atoms with Gasteiger partial charge in [0.1, 0.15) is 5.82 Å². The molecule has 1 amide bonds. The molecule has 0 fully saturated rings. The molecule has 1 atom stereocenters. The van der Waals surface area contributed by atoms with E-state index >= 15 is 0 Å². The number of carbonyl (C=O) groups excluding carboxylic acids is 1. The molecular weight excluding hydrogens is 377 g/mol. The standard InChI is InChI=1S/C22H21ClFN3O/c1-14-3-4-15(2)19(23)10-9-18(14)22(28)27-20-11-12-25-13-21(20)26-17-7-5-16(24)6-8-17/h3,5-13,15,26H,4H2,1-2H3,(H,25,27,28). The van der Waals surface area contributed by atoms with Crippen LogP contribution in [0.3, 0.4) is 0 Å². The molecule has 2 aromatic rings. The highest BCUT2D eigenvalue weighted by Crippen LogP contribution is 2.28. The minimum Gasteiger partial charge on any atom is -0.353 e. The SMILES string of the molecule is CC1=CCC(C)C(Cl)=CC=C1C(=O)Nc1ccncc1Nc1ccc(F)cc1. The van der Waals surface area contributed by atoms with Gasteiger partial charge >= 0.3 is 0 Å². The smallest absolute Gasteiger partial charge is 0.255 e. The summed E-state index contributed by atoms with van der Waals surface area (Å²) in [5, 5.41) is 6.78. The van der Waals surface area contributed by atoms with E-state index in [0.717, 1.165) is 17.0 Å². The summed E-state index contributed by atoms with van der Waals surface area (Å²) in [6, 6.07) is 7.67. The number of anilines is 3. The lowest BCUT2D eigenvalue weighted by atomic mass is 9.97. The molecule has 1 unspecified atom stereocenters. The number of allylic oxidation sites excluding steroid dienone is 4. The van der Waals surface area contributed by atoms with E-state index in [1.54, 1.807) is 42.7 Å². The molecule has 0 radical (unpaired) electrons. The van der Waals surface area contributed by atoms with E-state index < -0.39 is 0 Å². The molecule has 2 N–H and O–H groups in total. The first-order valence-electron chi connectivity index (χ1n) is 8.96. The van der Waals surface area contributed by atoms with E-state index in [1.807, 2.05) is 19.9 Å². The predicted molar refractivity (Wildman–Crippen MR) is 112 cm³/mol. The van der Waals surface area contributed by atoms with Gasteiger partial charge in [0, 0.05) is 22.5 Å². The minimum atomic E-state index is -0.315. The fraction of sp³-hybridized carbons (Fsp3) is 0.182. The van der Waals surface area contributed by atoms with Gasteiger partial charge in [-0.05, 0) is 67.3 Å².